The average Bonchev–Trinajstić information content (AvgIpc) is 2.61. The van der Waals surface area contributed by atoms with Gasteiger partial charge in [-0.3, -0.25) is 0 Å². The van der Waals surface area contributed by atoms with Crippen LogP contribution in [0.15, 0.2) is 29.2 Å². The van der Waals surface area contributed by atoms with E-state index >= 15 is 0 Å². The third kappa shape index (κ3) is 9.54. The van der Waals surface area contributed by atoms with Gasteiger partial charge in [-0.05, 0) is 37.0 Å². The molecule has 4 N–H and O–H groups in total. The van der Waals surface area contributed by atoms with Crippen molar-refractivity contribution in [2.45, 2.75) is 74.6 Å². The topological polar surface area (TPSA) is 66.5 Å². The van der Waals surface area contributed by atoms with Gasteiger partial charge in [0.2, 0.25) is 0 Å². The van der Waals surface area contributed by atoms with E-state index in [4.69, 9.17) is 15.9 Å². The van der Waals surface area contributed by atoms with Gasteiger partial charge in [-0.1, -0.05) is 76.5 Å². The van der Waals surface area contributed by atoms with E-state index in [0.717, 1.165) is 63.5 Å². The van der Waals surface area contributed by atoms with E-state index in [1.807, 2.05) is 0 Å². The highest BCUT2D eigenvalue weighted by Gasteiger charge is 2.65. The third-order valence-corrected chi connectivity index (χ3v) is 6.05. The van der Waals surface area contributed by atoms with Gasteiger partial charge >= 0.3 is 10.2 Å². The highest BCUT2D eigenvalue weighted by Crippen LogP contribution is 3.02. The molecule has 0 aliphatic carbocycles. The van der Waals surface area contributed by atoms with E-state index in [1.54, 1.807) is 0 Å². The smallest absolute Gasteiger partial charge is 0.310 e. The van der Waals surface area contributed by atoms with Crippen LogP contribution in [0.4, 0.5) is 19.4 Å². The summed E-state index contributed by atoms with van der Waals surface area (Å²) in [6.07, 6.45) is 8.90. The maximum absolute atomic E-state index is 12.6. The van der Waals surface area contributed by atoms with Crippen LogP contribution < -0.4 is 5.73 Å². The van der Waals surface area contributed by atoms with E-state index in [0.29, 0.717) is 30.5 Å². The number of halogens is 5. The zero-order chi connectivity index (χ0) is 21.4. The lowest BCUT2D eigenvalue weighted by Gasteiger charge is -2.40. The van der Waals surface area contributed by atoms with Crippen LogP contribution in [0.1, 0.15) is 63.4 Å². The number of hydrogen-bond acceptors (Lipinski definition) is 3. The Balaban J connectivity index is 2.13. The Bertz CT molecular complexity index is 588. The standard InChI is InChI=1S/C19H32F5NO2S/c20-28(21,22,23,24)18-12-10-17(11-13-18)9-7-5-3-1-2-4-6-8-14-19(25,15-26)16-27/h10-13,26-27H,1-9,14-16,25H2. The van der Waals surface area contributed by atoms with E-state index in [-0.39, 0.29) is 13.2 Å². The first-order valence-corrected chi connectivity index (χ1v) is 11.6. The first-order chi connectivity index (χ1) is 12.8. The molecule has 0 aliphatic heterocycles. The van der Waals surface area contributed by atoms with Gasteiger partial charge in [0.05, 0.1) is 18.8 Å². The van der Waals surface area contributed by atoms with Gasteiger partial charge in [-0.15, -0.1) is 0 Å². The summed E-state index contributed by atoms with van der Waals surface area (Å²) in [6.45, 7) is -0.460. The van der Waals surface area contributed by atoms with Gasteiger partial charge in [-0.25, -0.2) is 0 Å². The van der Waals surface area contributed by atoms with Crippen LogP contribution >= 0.6 is 10.2 Å². The molecule has 0 fully saturated rings. The zero-order valence-corrected chi connectivity index (χ0v) is 16.9. The van der Waals surface area contributed by atoms with E-state index in [2.05, 4.69) is 0 Å². The van der Waals surface area contributed by atoms with Crippen LogP contribution in [-0.4, -0.2) is 29.0 Å². The summed E-state index contributed by atoms with van der Waals surface area (Å²) in [7, 11) is -9.57. The molecule has 0 aliphatic rings. The summed E-state index contributed by atoms with van der Waals surface area (Å²) < 4.78 is 63.2. The van der Waals surface area contributed by atoms with Crippen molar-refractivity contribution < 1.29 is 29.6 Å². The average molecular weight is 434 g/mol. The predicted molar refractivity (Wildman–Crippen MR) is 104 cm³/mol. The number of hydrogen-bond donors (Lipinski definition) is 3. The van der Waals surface area contributed by atoms with E-state index in [1.165, 1.54) is 0 Å². The minimum absolute atomic E-state index is 0.230. The molecule has 0 radical (unpaired) electrons. The summed E-state index contributed by atoms with van der Waals surface area (Å²) in [5, 5.41) is 18.2. The normalized spacial score (nSPS) is 15.3. The molecule has 0 atom stereocenters. The van der Waals surface area contributed by atoms with Gasteiger partial charge in [0.1, 0.15) is 4.90 Å². The molecule has 1 aromatic carbocycles. The quantitative estimate of drug-likeness (QED) is 0.246. The second-order valence-corrected chi connectivity index (χ2v) is 10.0. The number of unbranched alkanes of at least 4 members (excludes halogenated alkanes) is 7. The third-order valence-electron chi connectivity index (χ3n) is 4.89. The number of aliphatic hydroxyl groups is 2. The number of aliphatic hydroxyl groups excluding tert-OH is 2. The minimum atomic E-state index is -9.57. The van der Waals surface area contributed by atoms with E-state index < -0.39 is 20.7 Å². The molecule has 9 heteroatoms. The fraction of sp³-hybridized carbons (Fsp3) is 0.684. The summed E-state index contributed by atoms with van der Waals surface area (Å²) in [6, 6.07) is 3.20. The van der Waals surface area contributed by atoms with Crippen molar-refractivity contribution in [1.29, 1.82) is 0 Å². The molecule has 0 heterocycles. The number of aryl methyl sites for hydroxylation is 1. The van der Waals surface area contributed by atoms with Crippen molar-refractivity contribution in [2.24, 2.45) is 5.73 Å². The van der Waals surface area contributed by atoms with Crippen LogP contribution in [-0.2, 0) is 6.42 Å². The van der Waals surface area contributed by atoms with Crippen molar-refractivity contribution in [2.75, 3.05) is 13.2 Å². The highest BCUT2D eigenvalue weighted by molar-refractivity contribution is 8.45. The number of benzene rings is 1. The SMILES string of the molecule is NC(CO)(CO)CCCCCCCCCCc1ccc(S(F)(F)(F)(F)F)cc1. The monoisotopic (exact) mass is 433 g/mol. The van der Waals surface area contributed by atoms with Crippen molar-refractivity contribution in [3.8, 4) is 0 Å². The molecule has 1 aromatic rings. The van der Waals surface area contributed by atoms with Crippen LogP contribution in [0.25, 0.3) is 0 Å². The maximum atomic E-state index is 12.6. The Morgan fingerprint density at radius 2 is 1.14 bits per heavy atom. The van der Waals surface area contributed by atoms with Gasteiger partial charge in [0.15, 0.2) is 0 Å². The summed E-state index contributed by atoms with van der Waals surface area (Å²) in [5.74, 6) is 0. The summed E-state index contributed by atoms with van der Waals surface area (Å²) in [4.78, 5) is -1.84. The molecule has 0 aromatic heterocycles. The molecule has 0 bridgehead atoms. The van der Waals surface area contributed by atoms with E-state index in [9.17, 15) is 19.4 Å². The van der Waals surface area contributed by atoms with Gasteiger partial charge in [0, 0.05) is 0 Å². The van der Waals surface area contributed by atoms with Gasteiger partial charge in [0.25, 0.3) is 0 Å². The largest absolute Gasteiger partial charge is 0.394 e. The Morgan fingerprint density at radius 3 is 1.57 bits per heavy atom. The lowest BCUT2D eigenvalue weighted by atomic mass is 9.94. The van der Waals surface area contributed by atoms with Crippen LogP contribution in [0.2, 0.25) is 0 Å². The van der Waals surface area contributed by atoms with Gasteiger partial charge < -0.3 is 15.9 Å². The molecule has 0 unspecified atom stereocenters. The second kappa shape index (κ2) is 9.28. The molecule has 1 rings (SSSR count). The summed E-state index contributed by atoms with van der Waals surface area (Å²) in [5.41, 5.74) is 5.53. The van der Waals surface area contributed by atoms with Crippen molar-refractivity contribution in [3.05, 3.63) is 29.8 Å². The van der Waals surface area contributed by atoms with Crippen molar-refractivity contribution in [3.63, 3.8) is 0 Å². The summed E-state index contributed by atoms with van der Waals surface area (Å²) >= 11 is 0. The Labute approximate surface area is 163 Å². The molecule has 0 saturated heterocycles. The Kier molecular flexibility index (Phi) is 8.33. The molecule has 0 saturated carbocycles. The fourth-order valence-corrected chi connectivity index (χ4v) is 3.64. The Morgan fingerprint density at radius 1 is 0.714 bits per heavy atom. The molecule has 28 heavy (non-hydrogen) atoms. The molecule has 166 valence electrons. The highest BCUT2D eigenvalue weighted by atomic mass is 32.5. The molecular formula is C19H32F5NO2S. The van der Waals surface area contributed by atoms with Crippen LogP contribution in [0.3, 0.4) is 0 Å². The second-order valence-electron chi connectivity index (χ2n) is 7.62. The fourth-order valence-electron chi connectivity index (χ4n) is 2.99. The molecule has 3 nitrogen and oxygen atoms in total. The zero-order valence-electron chi connectivity index (χ0n) is 16.1. The van der Waals surface area contributed by atoms with Crippen molar-refractivity contribution >= 4 is 10.2 Å². The first-order valence-electron chi connectivity index (χ1n) is 9.63. The number of rotatable bonds is 14. The molecular weight excluding hydrogens is 401 g/mol. The van der Waals surface area contributed by atoms with Gasteiger partial charge in [-0.2, -0.15) is 0 Å². The lowest BCUT2D eigenvalue weighted by Crippen LogP contribution is -2.47. The predicted octanol–water partition coefficient (Wildman–Crippen LogP) is 6.08. The molecule has 0 spiro atoms. The van der Waals surface area contributed by atoms with Crippen LogP contribution in [0.5, 0.6) is 0 Å². The minimum Gasteiger partial charge on any atom is -0.394 e. The molecule has 0 amide bonds. The Hall–Kier alpha value is -0.900. The maximum Gasteiger partial charge on any atom is 0.310 e. The van der Waals surface area contributed by atoms with Crippen molar-refractivity contribution in [1.82, 2.24) is 0 Å². The number of nitrogens with two attached hydrogens (primary N) is 1. The lowest BCUT2D eigenvalue weighted by molar-refractivity contribution is 0.112. The first kappa shape index (κ1) is 25.1. The van der Waals surface area contributed by atoms with Crippen LogP contribution in [0, 0.1) is 0 Å².